The lowest BCUT2D eigenvalue weighted by Gasteiger charge is -1.94. The highest BCUT2D eigenvalue weighted by Crippen LogP contribution is 2.23. The van der Waals surface area contributed by atoms with Gasteiger partial charge in [-0.25, -0.2) is 4.98 Å². The van der Waals surface area contributed by atoms with Crippen LogP contribution in [0.4, 0.5) is 0 Å². The van der Waals surface area contributed by atoms with Crippen LogP contribution in [0.2, 0.25) is 0 Å². The summed E-state index contributed by atoms with van der Waals surface area (Å²) in [5.41, 5.74) is 0. The highest BCUT2D eigenvalue weighted by molar-refractivity contribution is 7.99. The van der Waals surface area contributed by atoms with Gasteiger partial charge in [-0.2, -0.15) is 0 Å². The molecule has 0 aliphatic carbocycles. The van der Waals surface area contributed by atoms with Crippen molar-refractivity contribution in [1.82, 2.24) is 15.2 Å². The summed E-state index contributed by atoms with van der Waals surface area (Å²) in [5, 5.41) is 10.1. The second-order valence-corrected chi connectivity index (χ2v) is 5.51. The number of hydrogen-bond donors (Lipinski definition) is 1. The highest BCUT2D eigenvalue weighted by atomic mass is 32.2. The van der Waals surface area contributed by atoms with Crippen LogP contribution in [0.1, 0.15) is 26.2 Å². The second kappa shape index (κ2) is 6.06. The van der Waals surface area contributed by atoms with Crippen LogP contribution in [-0.2, 0) is 0 Å². The first kappa shape index (κ1) is 11.7. The third kappa shape index (κ3) is 3.09. The molecular weight excluding hydrogens is 238 g/mol. The van der Waals surface area contributed by atoms with Gasteiger partial charge in [-0.1, -0.05) is 37.6 Å². The Kier molecular flexibility index (Phi) is 4.42. The molecule has 16 heavy (non-hydrogen) atoms. The van der Waals surface area contributed by atoms with Crippen LogP contribution in [0.5, 0.6) is 0 Å². The van der Waals surface area contributed by atoms with E-state index in [0.717, 1.165) is 21.6 Å². The molecule has 86 valence electrons. The first-order chi connectivity index (χ1) is 7.90. The minimum absolute atomic E-state index is 0.861. The van der Waals surface area contributed by atoms with Crippen molar-refractivity contribution in [3.8, 4) is 10.7 Å². The van der Waals surface area contributed by atoms with Crippen LogP contribution in [0.3, 0.4) is 0 Å². The lowest BCUT2D eigenvalue weighted by molar-refractivity contribution is 0.777. The van der Waals surface area contributed by atoms with Gasteiger partial charge in [0.15, 0.2) is 5.82 Å². The molecule has 0 unspecified atom stereocenters. The van der Waals surface area contributed by atoms with Gasteiger partial charge < -0.3 is 0 Å². The van der Waals surface area contributed by atoms with Crippen molar-refractivity contribution in [3.63, 3.8) is 0 Å². The van der Waals surface area contributed by atoms with Crippen LogP contribution < -0.4 is 0 Å². The van der Waals surface area contributed by atoms with Crippen LogP contribution in [0.25, 0.3) is 10.7 Å². The second-order valence-electron chi connectivity index (χ2n) is 3.50. The van der Waals surface area contributed by atoms with Gasteiger partial charge in [0, 0.05) is 5.75 Å². The summed E-state index contributed by atoms with van der Waals surface area (Å²) < 4.78 is 0. The van der Waals surface area contributed by atoms with Crippen molar-refractivity contribution < 1.29 is 0 Å². The summed E-state index contributed by atoms with van der Waals surface area (Å²) in [5.74, 6) is 1.99. The fourth-order valence-corrected chi connectivity index (χ4v) is 2.81. The smallest absolute Gasteiger partial charge is 0.208 e. The number of aromatic amines is 1. The number of thiophene rings is 1. The SMILES string of the molecule is CCCCCSc1n[nH]c(-c2cccs2)n1. The summed E-state index contributed by atoms with van der Waals surface area (Å²) in [4.78, 5) is 5.60. The molecule has 0 radical (unpaired) electrons. The Morgan fingerprint density at radius 3 is 3.12 bits per heavy atom. The minimum Gasteiger partial charge on any atom is -0.257 e. The van der Waals surface area contributed by atoms with Gasteiger partial charge in [0.1, 0.15) is 0 Å². The molecule has 0 aliphatic heterocycles. The van der Waals surface area contributed by atoms with Gasteiger partial charge in [0.05, 0.1) is 4.88 Å². The van der Waals surface area contributed by atoms with Gasteiger partial charge in [0.2, 0.25) is 5.16 Å². The van der Waals surface area contributed by atoms with Crippen molar-refractivity contribution in [1.29, 1.82) is 0 Å². The summed E-state index contributed by atoms with van der Waals surface area (Å²) in [6.45, 7) is 2.21. The minimum atomic E-state index is 0.861. The number of unbranched alkanes of at least 4 members (excludes halogenated alkanes) is 2. The van der Waals surface area contributed by atoms with Crippen LogP contribution in [0, 0.1) is 0 Å². The highest BCUT2D eigenvalue weighted by Gasteiger charge is 2.06. The molecule has 0 amide bonds. The van der Waals surface area contributed by atoms with Gasteiger partial charge in [-0.05, 0) is 17.9 Å². The number of hydrogen-bond acceptors (Lipinski definition) is 4. The first-order valence-corrected chi connectivity index (χ1v) is 7.35. The molecule has 3 nitrogen and oxygen atoms in total. The molecule has 0 spiro atoms. The molecule has 1 N–H and O–H groups in total. The van der Waals surface area contributed by atoms with Gasteiger partial charge in [0.25, 0.3) is 0 Å². The largest absolute Gasteiger partial charge is 0.257 e. The van der Waals surface area contributed by atoms with Crippen molar-refractivity contribution in [2.45, 2.75) is 31.3 Å². The fraction of sp³-hybridized carbons (Fsp3) is 0.455. The first-order valence-electron chi connectivity index (χ1n) is 5.49. The quantitative estimate of drug-likeness (QED) is 0.628. The Labute approximate surface area is 104 Å². The van der Waals surface area contributed by atoms with Gasteiger partial charge in [-0.15, -0.1) is 16.4 Å². The fourth-order valence-electron chi connectivity index (χ4n) is 1.35. The molecule has 0 aromatic carbocycles. The molecule has 2 rings (SSSR count). The molecule has 2 heterocycles. The van der Waals surface area contributed by atoms with Crippen LogP contribution in [-0.4, -0.2) is 20.9 Å². The van der Waals surface area contributed by atoms with Crippen molar-refractivity contribution in [2.24, 2.45) is 0 Å². The molecule has 0 atom stereocenters. The lowest BCUT2D eigenvalue weighted by atomic mass is 10.3. The zero-order valence-electron chi connectivity index (χ0n) is 9.27. The number of aromatic nitrogens is 3. The van der Waals surface area contributed by atoms with E-state index in [4.69, 9.17) is 0 Å². The number of nitrogens with zero attached hydrogens (tertiary/aromatic N) is 2. The van der Waals surface area contributed by atoms with E-state index < -0.39 is 0 Å². The molecule has 0 fully saturated rings. The molecule has 5 heteroatoms. The predicted octanol–water partition coefficient (Wildman–Crippen LogP) is 3.82. The van der Waals surface area contributed by atoms with E-state index in [2.05, 4.69) is 28.2 Å². The molecule has 0 aliphatic rings. The average Bonchev–Trinajstić information content (AvgIpc) is 2.94. The van der Waals surface area contributed by atoms with Crippen LogP contribution in [0.15, 0.2) is 22.7 Å². The standard InChI is InChI=1S/C11H15N3S2/c1-2-3-4-7-16-11-12-10(13-14-11)9-6-5-8-15-9/h5-6,8H,2-4,7H2,1H3,(H,12,13,14). The Bertz CT molecular complexity index is 409. The van der Waals surface area contributed by atoms with Gasteiger partial charge in [-0.3, -0.25) is 5.10 Å². The molecule has 0 saturated heterocycles. The topological polar surface area (TPSA) is 41.6 Å². The van der Waals surface area contributed by atoms with E-state index in [0.29, 0.717) is 0 Å². The monoisotopic (exact) mass is 253 g/mol. The predicted molar refractivity (Wildman–Crippen MR) is 69.9 cm³/mol. The van der Waals surface area contributed by atoms with E-state index in [1.807, 2.05) is 11.4 Å². The van der Waals surface area contributed by atoms with Gasteiger partial charge >= 0.3 is 0 Å². The normalized spacial score (nSPS) is 10.8. The third-order valence-corrected chi connectivity index (χ3v) is 4.01. The number of rotatable bonds is 6. The maximum absolute atomic E-state index is 4.46. The lowest BCUT2D eigenvalue weighted by Crippen LogP contribution is -1.81. The van der Waals surface area contributed by atoms with Crippen molar-refractivity contribution in [3.05, 3.63) is 17.5 Å². The average molecular weight is 253 g/mol. The summed E-state index contributed by atoms with van der Waals surface area (Å²) in [6, 6.07) is 4.08. The number of thioether (sulfide) groups is 1. The van der Waals surface area contributed by atoms with E-state index in [-0.39, 0.29) is 0 Å². The molecule has 0 bridgehead atoms. The Morgan fingerprint density at radius 2 is 2.38 bits per heavy atom. The maximum atomic E-state index is 4.46. The number of H-pyrrole nitrogens is 1. The Morgan fingerprint density at radius 1 is 1.44 bits per heavy atom. The maximum Gasteiger partial charge on any atom is 0.208 e. The van der Waals surface area contributed by atoms with Crippen LogP contribution >= 0.6 is 23.1 Å². The van der Waals surface area contributed by atoms with E-state index in [1.54, 1.807) is 23.1 Å². The summed E-state index contributed by atoms with van der Waals surface area (Å²) >= 11 is 3.41. The molecule has 0 saturated carbocycles. The summed E-state index contributed by atoms with van der Waals surface area (Å²) in [6.07, 6.45) is 3.79. The molecule has 2 aromatic rings. The summed E-state index contributed by atoms with van der Waals surface area (Å²) in [7, 11) is 0. The Balaban J connectivity index is 1.88. The van der Waals surface area contributed by atoms with E-state index in [1.165, 1.54) is 19.3 Å². The molecule has 2 aromatic heterocycles. The van der Waals surface area contributed by atoms with E-state index >= 15 is 0 Å². The number of nitrogens with one attached hydrogen (secondary N) is 1. The van der Waals surface area contributed by atoms with Crippen molar-refractivity contribution in [2.75, 3.05) is 5.75 Å². The Hall–Kier alpha value is -0.810. The van der Waals surface area contributed by atoms with E-state index in [9.17, 15) is 0 Å². The zero-order valence-corrected chi connectivity index (χ0v) is 10.9. The third-order valence-electron chi connectivity index (χ3n) is 2.20. The molecular formula is C11H15N3S2. The zero-order chi connectivity index (χ0) is 11.2. The van der Waals surface area contributed by atoms with Crippen molar-refractivity contribution >= 4 is 23.1 Å².